The van der Waals surface area contributed by atoms with E-state index in [2.05, 4.69) is 15.5 Å². The number of rotatable bonds is 3. The molecule has 1 aliphatic rings. The van der Waals surface area contributed by atoms with Gasteiger partial charge in [0.05, 0.1) is 5.92 Å². The molecule has 1 unspecified atom stereocenters. The van der Waals surface area contributed by atoms with E-state index in [9.17, 15) is 4.39 Å². The van der Waals surface area contributed by atoms with Crippen LogP contribution in [0.4, 0.5) is 4.39 Å². The predicted molar refractivity (Wildman–Crippen MR) is 71.0 cm³/mol. The van der Waals surface area contributed by atoms with Crippen molar-refractivity contribution in [2.45, 2.75) is 18.8 Å². The summed E-state index contributed by atoms with van der Waals surface area (Å²) in [6.07, 6.45) is 1.53. The zero-order valence-electron chi connectivity index (χ0n) is 10.3. The van der Waals surface area contributed by atoms with Crippen LogP contribution in [-0.2, 0) is 6.42 Å². The Morgan fingerprint density at radius 3 is 3.05 bits per heavy atom. The molecular formula is C13H15ClFN3O. The highest BCUT2D eigenvalue weighted by Gasteiger charge is 2.22. The zero-order valence-corrected chi connectivity index (χ0v) is 11.1. The lowest BCUT2D eigenvalue weighted by Gasteiger charge is -1.99. The highest BCUT2D eigenvalue weighted by Crippen LogP contribution is 2.20. The quantitative estimate of drug-likeness (QED) is 0.939. The standard InChI is InChI=1S/C13H14FN3O.ClH/c14-11-3-1-2-9(6-11)7-12-16-13(18-17-12)10-4-5-15-8-10;/h1-3,6,10,15H,4-5,7-8H2;1H. The van der Waals surface area contributed by atoms with E-state index in [0.29, 0.717) is 24.1 Å². The Balaban J connectivity index is 0.00000133. The Bertz CT molecular complexity index is 540. The summed E-state index contributed by atoms with van der Waals surface area (Å²) in [6.45, 7) is 1.88. The summed E-state index contributed by atoms with van der Waals surface area (Å²) in [7, 11) is 0. The monoisotopic (exact) mass is 283 g/mol. The van der Waals surface area contributed by atoms with Crippen LogP contribution in [-0.4, -0.2) is 23.2 Å². The molecule has 0 aliphatic carbocycles. The van der Waals surface area contributed by atoms with E-state index in [1.54, 1.807) is 6.07 Å². The van der Waals surface area contributed by atoms with Crippen molar-refractivity contribution < 1.29 is 8.91 Å². The molecule has 0 saturated carbocycles. The molecule has 19 heavy (non-hydrogen) atoms. The van der Waals surface area contributed by atoms with Gasteiger partial charge in [0.1, 0.15) is 5.82 Å². The van der Waals surface area contributed by atoms with Crippen LogP contribution in [0.5, 0.6) is 0 Å². The topological polar surface area (TPSA) is 51.0 Å². The molecule has 6 heteroatoms. The highest BCUT2D eigenvalue weighted by atomic mass is 35.5. The summed E-state index contributed by atoms with van der Waals surface area (Å²) in [5, 5.41) is 7.21. The Hall–Kier alpha value is -1.46. The fraction of sp³-hybridized carbons (Fsp3) is 0.385. The van der Waals surface area contributed by atoms with E-state index < -0.39 is 0 Å². The lowest BCUT2D eigenvalue weighted by Crippen LogP contribution is -2.08. The molecule has 1 saturated heterocycles. The van der Waals surface area contributed by atoms with Crippen molar-refractivity contribution >= 4 is 12.4 Å². The van der Waals surface area contributed by atoms with Crippen LogP contribution in [0.25, 0.3) is 0 Å². The molecule has 0 amide bonds. The first kappa shape index (κ1) is 14.0. The maximum atomic E-state index is 13.0. The zero-order chi connectivity index (χ0) is 12.4. The fourth-order valence-corrected chi connectivity index (χ4v) is 2.20. The minimum absolute atomic E-state index is 0. The minimum Gasteiger partial charge on any atom is -0.339 e. The second-order valence-electron chi connectivity index (χ2n) is 4.55. The van der Waals surface area contributed by atoms with Crippen LogP contribution in [0, 0.1) is 5.82 Å². The molecule has 102 valence electrons. The first-order valence-corrected chi connectivity index (χ1v) is 6.09. The summed E-state index contributed by atoms with van der Waals surface area (Å²) in [5.74, 6) is 1.38. The molecule has 4 nitrogen and oxygen atoms in total. The molecule has 1 aromatic heterocycles. The van der Waals surface area contributed by atoms with E-state index in [4.69, 9.17) is 4.52 Å². The van der Waals surface area contributed by atoms with Gasteiger partial charge in [0, 0.05) is 13.0 Å². The largest absolute Gasteiger partial charge is 0.339 e. The summed E-state index contributed by atoms with van der Waals surface area (Å²) >= 11 is 0. The van der Waals surface area contributed by atoms with Gasteiger partial charge in [-0.2, -0.15) is 4.98 Å². The lowest BCUT2D eigenvalue weighted by atomic mass is 10.1. The van der Waals surface area contributed by atoms with Crippen molar-refractivity contribution in [3.63, 3.8) is 0 Å². The van der Waals surface area contributed by atoms with Crippen LogP contribution < -0.4 is 5.32 Å². The van der Waals surface area contributed by atoms with Gasteiger partial charge in [-0.1, -0.05) is 17.3 Å². The number of hydrogen-bond acceptors (Lipinski definition) is 4. The van der Waals surface area contributed by atoms with Crippen molar-refractivity contribution in [2.24, 2.45) is 0 Å². The number of hydrogen-bond donors (Lipinski definition) is 1. The van der Waals surface area contributed by atoms with E-state index in [-0.39, 0.29) is 18.2 Å². The molecule has 3 rings (SSSR count). The molecule has 1 aromatic carbocycles. The van der Waals surface area contributed by atoms with E-state index in [1.807, 2.05) is 6.07 Å². The van der Waals surface area contributed by atoms with Gasteiger partial charge < -0.3 is 9.84 Å². The fourth-order valence-electron chi connectivity index (χ4n) is 2.20. The predicted octanol–water partition coefficient (Wildman–Crippen LogP) is 2.30. The molecule has 1 N–H and O–H groups in total. The molecule has 2 aromatic rings. The molecule has 1 fully saturated rings. The van der Waals surface area contributed by atoms with E-state index in [0.717, 1.165) is 25.1 Å². The van der Waals surface area contributed by atoms with Crippen molar-refractivity contribution in [3.05, 3.63) is 47.4 Å². The number of nitrogens with one attached hydrogen (secondary N) is 1. The van der Waals surface area contributed by atoms with Gasteiger partial charge in [0.15, 0.2) is 5.82 Å². The van der Waals surface area contributed by atoms with Crippen molar-refractivity contribution in [1.82, 2.24) is 15.5 Å². The summed E-state index contributed by atoms with van der Waals surface area (Å²) in [6, 6.07) is 6.46. The number of benzene rings is 1. The summed E-state index contributed by atoms with van der Waals surface area (Å²) in [5.41, 5.74) is 0.854. The van der Waals surface area contributed by atoms with Gasteiger partial charge >= 0.3 is 0 Å². The second kappa shape index (κ2) is 6.12. The Labute approximate surface area is 116 Å². The van der Waals surface area contributed by atoms with Crippen molar-refractivity contribution in [2.75, 3.05) is 13.1 Å². The summed E-state index contributed by atoms with van der Waals surface area (Å²) in [4.78, 5) is 4.38. The molecule has 1 aliphatic heterocycles. The number of nitrogens with zero attached hydrogens (tertiary/aromatic N) is 2. The van der Waals surface area contributed by atoms with Gasteiger partial charge in [0.2, 0.25) is 5.89 Å². The molecule has 2 heterocycles. The number of aromatic nitrogens is 2. The molecule has 1 atom stereocenters. The maximum Gasteiger partial charge on any atom is 0.231 e. The van der Waals surface area contributed by atoms with Gasteiger partial charge in [-0.05, 0) is 30.7 Å². The van der Waals surface area contributed by atoms with Crippen LogP contribution >= 0.6 is 12.4 Å². The van der Waals surface area contributed by atoms with Gasteiger partial charge in [-0.25, -0.2) is 4.39 Å². The third-order valence-electron chi connectivity index (χ3n) is 3.14. The normalized spacial score (nSPS) is 18.3. The highest BCUT2D eigenvalue weighted by molar-refractivity contribution is 5.85. The Morgan fingerprint density at radius 1 is 1.42 bits per heavy atom. The minimum atomic E-state index is -0.240. The van der Waals surface area contributed by atoms with Crippen LogP contribution in [0.1, 0.15) is 29.6 Å². The average molecular weight is 284 g/mol. The van der Waals surface area contributed by atoms with Crippen LogP contribution in [0.3, 0.4) is 0 Å². The maximum absolute atomic E-state index is 13.0. The first-order chi connectivity index (χ1) is 8.81. The average Bonchev–Trinajstić information content (AvgIpc) is 2.98. The molecule has 0 spiro atoms. The smallest absolute Gasteiger partial charge is 0.231 e. The Morgan fingerprint density at radius 2 is 2.32 bits per heavy atom. The third kappa shape index (κ3) is 3.30. The SMILES string of the molecule is Cl.Fc1cccc(Cc2noc(C3CCNC3)n2)c1. The lowest BCUT2D eigenvalue weighted by molar-refractivity contribution is 0.355. The second-order valence-corrected chi connectivity index (χ2v) is 4.55. The first-order valence-electron chi connectivity index (χ1n) is 6.09. The van der Waals surface area contributed by atoms with Crippen molar-refractivity contribution in [3.8, 4) is 0 Å². The van der Waals surface area contributed by atoms with Gasteiger partial charge in [-0.3, -0.25) is 0 Å². The number of halogens is 2. The third-order valence-corrected chi connectivity index (χ3v) is 3.14. The van der Waals surface area contributed by atoms with Gasteiger partial charge in [0.25, 0.3) is 0 Å². The molecule has 0 bridgehead atoms. The summed E-state index contributed by atoms with van der Waals surface area (Å²) < 4.78 is 18.3. The van der Waals surface area contributed by atoms with Gasteiger partial charge in [-0.15, -0.1) is 12.4 Å². The van der Waals surface area contributed by atoms with E-state index >= 15 is 0 Å². The molecule has 0 radical (unpaired) electrons. The Kier molecular flexibility index (Phi) is 4.50. The van der Waals surface area contributed by atoms with Crippen LogP contribution in [0.2, 0.25) is 0 Å². The van der Waals surface area contributed by atoms with Crippen molar-refractivity contribution in [1.29, 1.82) is 0 Å². The van der Waals surface area contributed by atoms with E-state index in [1.165, 1.54) is 12.1 Å². The van der Waals surface area contributed by atoms with Crippen LogP contribution in [0.15, 0.2) is 28.8 Å². The molecular weight excluding hydrogens is 269 g/mol.